The molecule has 0 amide bonds. The third kappa shape index (κ3) is 6.08. The van der Waals surface area contributed by atoms with Crippen LogP contribution in [0.4, 0.5) is 17.6 Å². The van der Waals surface area contributed by atoms with Crippen molar-refractivity contribution in [2.75, 3.05) is 6.61 Å². The van der Waals surface area contributed by atoms with E-state index in [4.69, 9.17) is 4.74 Å². The van der Waals surface area contributed by atoms with Gasteiger partial charge >= 0.3 is 6.18 Å². The summed E-state index contributed by atoms with van der Waals surface area (Å²) < 4.78 is 58.9. The van der Waals surface area contributed by atoms with E-state index in [0.29, 0.717) is 6.61 Å². The van der Waals surface area contributed by atoms with Crippen LogP contribution in [0.5, 0.6) is 0 Å². The van der Waals surface area contributed by atoms with Crippen molar-refractivity contribution in [1.82, 2.24) is 9.55 Å². The first-order chi connectivity index (χ1) is 11.0. The molecule has 0 atom stereocenters. The van der Waals surface area contributed by atoms with Gasteiger partial charge in [-0.25, -0.2) is 9.37 Å². The molecule has 0 aromatic carbocycles. The molecule has 0 radical (unpaired) electrons. The highest BCUT2D eigenvalue weighted by molar-refractivity contribution is 6.76. The zero-order chi connectivity index (χ0) is 18.5. The van der Waals surface area contributed by atoms with E-state index in [2.05, 4.69) is 37.8 Å². The third-order valence-corrected chi connectivity index (χ3v) is 4.82. The smallest absolute Gasteiger partial charge is 0.361 e. The molecule has 134 valence electrons. The minimum atomic E-state index is -4.63. The van der Waals surface area contributed by atoms with Crippen LogP contribution in [0, 0.1) is 0 Å². The number of alkyl halides is 3. The van der Waals surface area contributed by atoms with Crippen LogP contribution in [-0.4, -0.2) is 24.2 Å². The number of aromatic nitrogens is 2. The van der Waals surface area contributed by atoms with Crippen LogP contribution in [0.1, 0.15) is 11.5 Å². The van der Waals surface area contributed by atoms with Crippen molar-refractivity contribution >= 4 is 13.6 Å². The van der Waals surface area contributed by atoms with E-state index in [-0.39, 0.29) is 18.1 Å². The van der Waals surface area contributed by atoms with Gasteiger partial charge in [-0.3, -0.25) is 0 Å². The van der Waals surface area contributed by atoms with E-state index in [1.807, 2.05) is 0 Å². The summed E-state index contributed by atoms with van der Waals surface area (Å²) in [5, 5.41) is 0. The van der Waals surface area contributed by atoms with Crippen molar-refractivity contribution < 1.29 is 22.3 Å². The molecule has 0 aliphatic rings. The molecule has 0 unspecified atom stereocenters. The van der Waals surface area contributed by atoms with E-state index in [1.54, 1.807) is 0 Å². The molecule has 0 saturated carbocycles. The second-order valence-electron chi connectivity index (χ2n) is 6.49. The molecule has 1 aromatic heterocycles. The van der Waals surface area contributed by atoms with Gasteiger partial charge in [-0.2, -0.15) is 13.2 Å². The quantitative estimate of drug-likeness (QED) is 0.273. The Morgan fingerprint density at radius 3 is 2.46 bits per heavy atom. The summed E-state index contributed by atoms with van der Waals surface area (Å²) in [5.41, 5.74) is -1.27. The number of hydrogen-bond donors (Lipinski definition) is 0. The Hall–Kier alpha value is -1.67. The summed E-state index contributed by atoms with van der Waals surface area (Å²) in [6.45, 7) is 13.3. The van der Waals surface area contributed by atoms with Crippen LogP contribution in [0.25, 0.3) is 5.57 Å². The van der Waals surface area contributed by atoms with Crippen molar-refractivity contribution in [2.45, 2.75) is 38.6 Å². The van der Waals surface area contributed by atoms with E-state index >= 15 is 0 Å². The predicted molar refractivity (Wildman–Crippen MR) is 89.8 cm³/mol. The van der Waals surface area contributed by atoms with Crippen LogP contribution in [0.15, 0.2) is 37.3 Å². The molecule has 24 heavy (non-hydrogen) atoms. The summed E-state index contributed by atoms with van der Waals surface area (Å²) in [7, 11) is -1.31. The first-order valence-corrected chi connectivity index (χ1v) is 11.1. The molecular formula is C16H22F4N2OSi. The number of hydrogen-bond acceptors (Lipinski definition) is 2. The predicted octanol–water partition coefficient (Wildman–Crippen LogP) is 5.27. The van der Waals surface area contributed by atoms with Gasteiger partial charge in [0.25, 0.3) is 0 Å². The fraction of sp³-hybridized carbons (Fsp3) is 0.438. The van der Waals surface area contributed by atoms with E-state index in [0.717, 1.165) is 16.8 Å². The molecule has 0 N–H and O–H groups in total. The zero-order valence-corrected chi connectivity index (χ0v) is 15.1. The van der Waals surface area contributed by atoms with Gasteiger partial charge in [-0.05, 0) is 12.1 Å². The number of rotatable bonds is 8. The molecule has 0 spiro atoms. The maximum absolute atomic E-state index is 13.6. The molecule has 0 saturated heterocycles. The number of ether oxygens (including phenoxy) is 1. The fourth-order valence-electron chi connectivity index (χ4n) is 1.81. The molecular weight excluding hydrogens is 340 g/mol. The van der Waals surface area contributed by atoms with Gasteiger partial charge in [0.15, 0.2) is 5.69 Å². The molecule has 3 nitrogen and oxygen atoms in total. The Balaban J connectivity index is 3.08. The van der Waals surface area contributed by atoms with Gasteiger partial charge < -0.3 is 9.30 Å². The minimum absolute atomic E-state index is 0.148. The van der Waals surface area contributed by atoms with Gasteiger partial charge in [0, 0.05) is 20.9 Å². The van der Waals surface area contributed by atoms with Crippen molar-refractivity contribution in [2.24, 2.45) is 0 Å². The van der Waals surface area contributed by atoms with Crippen LogP contribution >= 0.6 is 0 Å². The van der Waals surface area contributed by atoms with Crippen LogP contribution in [0.2, 0.25) is 25.7 Å². The second-order valence-corrected chi connectivity index (χ2v) is 12.1. The first kappa shape index (κ1) is 20.4. The molecule has 0 aliphatic heterocycles. The molecule has 0 bridgehead atoms. The maximum atomic E-state index is 13.6. The Morgan fingerprint density at radius 1 is 1.38 bits per heavy atom. The third-order valence-electron chi connectivity index (χ3n) is 3.11. The number of halogens is 4. The highest BCUT2D eigenvalue weighted by Crippen LogP contribution is 2.31. The first-order valence-electron chi connectivity index (χ1n) is 7.35. The van der Waals surface area contributed by atoms with Gasteiger partial charge in [0.05, 0.1) is 5.57 Å². The SMILES string of the molecule is C=CC=C(C(=C)F)c1nc(C(F)(F)F)cn1COCC[Si](C)(C)C. The molecule has 0 aliphatic carbocycles. The number of nitrogens with zero attached hydrogens (tertiary/aromatic N) is 2. The van der Waals surface area contributed by atoms with E-state index in [9.17, 15) is 17.6 Å². The normalized spacial score (nSPS) is 13.2. The van der Waals surface area contributed by atoms with E-state index in [1.165, 1.54) is 12.2 Å². The van der Waals surface area contributed by atoms with Gasteiger partial charge in [0.1, 0.15) is 18.4 Å². The summed E-state index contributed by atoms with van der Waals surface area (Å²) in [5.74, 6) is -1.08. The average Bonchev–Trinajstić information content (AvgIpc) is 2.83. The number of imidazole rings is 1. The molecule has 1 rings (SSSR count). The Labute approximate surface area is 140 Å². The lowest BCUT2D eigenvalue weighted by Crippen LogP contribution is -2.22. The molecule has 0 fully saturated rings. The average molecular weight is 362 g/mol. The summed E-state index contributed by atoms with van der Waals surface area (Å²) in [4.78, 5) is 3.50. The van der Waals surface area contributed by atoms with Crippen molar-refractivity contribution in [3.8, 4) is 0 Å². The second kappa shape index (κ2) is 7.93. The van der Waals surface area contributed by atoms with Crippen molar-refractivity contribution in [1.29, 1.82) is 0 Å². The summed E-state index contributed by atoms with van der Waals surface area (Å²) in [6.07, 6.45) is -1.33. The topological polar surface area (TPSA) is 27.1 Å². The minimum Gasteiger partial charge on any atom is -0.361 e. The van der Waals surface area contributed by atoms with Crippen molar-refractivity contribution in [3.05, 3.63) is 48.9 Å². The van der Waals surface area contributed by atoms with Crippen LogP contribution < -0.4 is 0 Å². The van der Waals surface area contributed by atoms with Gasteiger partial charge in [-0.1, -0.05) is 38.9 Å². The molecule has 1 heterocycles. The Morgan fingerprint density at radius 2 is 2.00 bits per heavy atom. The Bertz CT molecular complexity index is 627. The van der Waals surface area contributed by atoms with Crippen LogP contribution in [0.3, 0.4) is 0 Å². The Kier molecular flexibility index (Phi) is 6.73. The fourth-order valence-corrected chi connectivity index (χ4v) is 2.57. The standard InChI is InChI=1S/C16H22F4N2OSi/c1-6-7-13(12(2)17)15-21-14(16(18,19)20)10-22(15)11-23-8-9-24(3,4)5/h6-7,10H,1-2,8-9,11H2,3-5H3. The zero-order valence-electron chi connectivity index (χ0n) is 14.1. The number of allylic oxidation sites excluding steroid dienone is 4. The maximum Gasteiger partial charge on any atom is 0.434 e. The molecule has 1 aromatic rings. The summed E-state index contributed by atoms with van der Waals surface area (Å²) in [6, 6.07) is 0.869. The lowest BCUT2D eigenvalue weighted by Gasteiger charge is -2.16. The molecule has 8 heteroatoms. The summed E-state index contributed by atoms with van der Waals surface area (Å²) >= 11 is 0. The highest BCUT2D eigenvalue weighted by Gasteiger charge is 2.35. The lowest BCUT2D eigenvalue weighted by molar-refractivity contribution is -0.141. The van der Waals surface area contributed by atoms with Crippen LogP contribution in [-0.2, 0) is 17.6 Å². The van der Waals surface area contributed by atoms with Crippen molar-refractivity contribution in [3.63, 3.8) is 0 Å². The van der Waals surface area contributed by atoms with Gasteiger partial charge in [-0.15, -0.1) is 0 Å². The van der Waals surface area contributed by atoms with Gasteiger partial charge in [0.2, 0.25) is 0 Å². The largest absolute Gasteiger partial charge is 0.434 e. The highest BCUT2D eigenvalue weighted by atomic mass is 28.3. The lowest BCUT2D eigenvalue weighted by atomic mass is 10.2. The monoisotopic (exact) mass is 362 g/mol. The van der Waals surface area contributed by atoms with E-state index < -0.39 is 25.8 Å².